The molecule has 1 aliphatic rings. The zero-order valence-electron chi connectivity index (χ0n) is 9.73. The second-order valence-corrected chi connectivity index (χ2v) is 4.17. The van der Waals surface area contributed by atoms with Gasteiger partial charge in [0.25, 0.3) is 5.91 Å². The monoisotopic (exact) mass is 251 g/mol. The third-order valence-electron chi connectivity index (χ3n) is 2.88. The predicted octanol–water partition coefficient (Wildman–Crippen LogP) is -0.275. The van der Waals surface area contributed by atoms with Crippen LogP contribution in [0.15, 0.2) is 24.3 Å². The van der Waals surface area contributed by atoms with Crippen molar-refractivity contribution in [2.75, 3.05) is 19.6 Å². The Morgan fingerprint density at radius 3 is 2.89 bits per heavy atom. The van der Waals surface area contributed by atoms with Gasteiger partial charge < -0.3 is 16.0 Å². The van der Waals surface area contributed by atoms with Gasteiger partial charge in [0.1, 0.15) is 11.9 Å². The number of nitrogens with zero attached hydrogens (tertiary/aromatic N) is 1. The summed E-state index contributed by atoms with van der Waals surface area (Å²) in [4.78, 5) is 24.7. The van der Waals surface area contributed by atoms with Gasteiger partial charge in [0, 0.05) is 25.2 Å². The van der Waals surface area contributed by atoms with E-state index in [1.54, 1.807) is 6.07 Å². The number of nitrogens with two attached hydrogens (primary N) is 1. The van der Waals surface area contributed by atoms with Crippen molar-refractivity contribution in [2.24, 2.45) is 5.73 Å². The van der Waals surface area contributed by atoms with Crippen molar-refractivity contribution in [1.29, 1.82) is 0 Å². The lowest BCUT2D eigenvalue weighted by Crippen LogP contribution is -2.57. The van der Waals surface area contributed by atoms with Crippen molar-refractivity contribution in [3.8, 4) is 0 Å². The molecule has 0 saturated carbocycles. The van der Waals surface area contributed by atoms with Gasteiger partial charge in [-0.3, -0.25) is 9.59 Å². The Hall–Kier alpha value is -1.95. The summed E-state index contributed by atoms with van der Waals surface area (Å²) in [5.74, 6) is -1.24. The van der Waals surface area contributed by atoms with Crippen LogP contribution < -0.4 is 11.1 Å². The molecule has 2 rings (SSSR count). The minimum Gasteiger partial charge on any atom is -0.368 e. The molecule has 0 spiro atoms. The summed E-state index contributed by atoms with van der Waals surface area (Å²) in [5.41, 5.74) is 5.47. The van der Waals surface area contributed by atoms with Crippen molar-refractivity contribution in [1.82, 2.24) is 10.2 Å². The molecule has 6 heteroatoms. The summed E-state index contributed by atoms with van der Waals surface area (Å²) in [7, 11) is 0. The zero-order chi connectivity index (χ0) is 13.1. The Kier molecular flexibility index (Phi) is 3.57. The van der Waals surface area contributed by atoms with Gasteiger partial charge >= 0.3 is 0 Å². The summed E-state index contributed by atoms with van der Waals surface area (Å²) >= 11 is 0. The molecular formula is C12H14FN3O2. The molecule has 0 radical (unpaired) electrons. The van der Waals surface area contributed by atoms with E-state index in [1.165, 1.54) is 23.1 Å². The average molecular weight is 251 g/mol. The van der Waals surface area contributed by atoms with Gasteiger partial charge in [-0.25, -0.2) is 4.39 Å². The number of hydrogen-bond donors (Lipinski definition) is 2. The molecule has 18 heavy (non-hydrogen) atoms. The van der Waals surface area contributed by atoms with Crippen LogP contribution >= 0.6 is 0 Å². The topological polar surface area (TPSA) is 75.4 Å². The molecule has 1 aromatic rings. The molecule has 2 amide bonds. The SMILES string of the molecule is NC(=O)C1CN(C(=O)c2cccc(F)c2)CCN1. The smallest absolute Gasteiger partial charge is 0.254 e. The van der Waals surface area contributed by atoms with Crippen molar-refractivity contribution >= 4 is 11.8 Å². The van der Waals surface area contributed by atoms with Crippen LogP contribution in [0.5, 0.6) is 0 Å². The maximum absolute atomic E-state index is 13.0. The first kappa shape index (κ1) is 12.5. The van der Waals surface area contributed by atoms with Crippen LogP contribution in [-0.2, 0) is 4.79 Å². The van der Waals surface area contributed by atoms with Crippen LogP contribution in [0, 0.1) is 5.82 Å². The molecular weight excluding hydrogens is 237 g/mol. The Balaban J connectivity index is 2.11. The Labute approximate surface area is 104 Å². The number of halogens is 1. The number of hydrogen-bond acceptors (Lipinski definition) is 3. The fourth-order valence-corrected chi connectivity index (χ4v) is 1.93. The molecule has 0 aliphatic carbocycles. The first-order valence-corrected chi connectivity index (χ1v) is 5.65. The number of benzene rings is 1. The summed E-state index contributed by atoms with van der Waals surface area (Å²) in [5, 5.41) is 2.92. The van der Waals surface area contributed by atoms with Crippen LogP contribution in [0.3, 0.4) is 0 Å². The number of amides is 2. The molecule has 1 aliphatic heterocycles. The highest BCUT2D eigenvalue weighted by Gasteiger charge is 2.27. The largest absolute Gasteiger partial charge is 0.368 e. The highest BCUT2D eigenvalue weighted by molar-refractivity contribution is 5.94. The van der Waals surface area contributed by atoms with Crippen LogP contribution in [0.1, 0.15) is 10.4 Å². The van der Waals surface area contributed by atoms with Crippen LogP contribution in [0.25, 0.3) is 0 Å². The molecule has 1 aromatic carbocycles. The first-order valence-electron chi connectivity index (χ1n) is 5.65. The molecule has 5 nitrogen and oxygen atoms in total. The number of nitrogens with one attached hydrogen (secondary N) is 1. The lowest BCUT2D eigenvalue weighted by Gasteiger charge is -2.32. The summed E-state index contributed by atoms with van der Waals surface area (Å²) in [6.45, 7) is 1.18. The Morgan fingerprint density at radius 1 is 1.44 bits per heavy atom. The van der Waals surface area contributed by atoms with Crippen LogP contribution in [-0.4, -0.2) is 42.4 Å². The molecule has 1 atom stereocenters. The van der Waals surface area contributed by atoms with Crippen molar-refractivity contribution in [3.63, 3.8) is 0 Å². The Morgan fingerprint density at radius 2 is 2.22 bits per heavy atom. The third kappa shape index (κ3) is 2.65. The number of piperazine rings is 1. The molecule has 3 N–H and O–H groups in total. The minimum atomic E-state index is -0.545. The molecule has 96 valence electrons. The van der Waals surface area contributed by atoms with Gasteiger partial charge in [0.2, 0.25) is 5.91 Å². The summed E-state index contributed by atoms with van der Waals surface area (Å²) in [6, 6.07) is 4.95. The van der Waals surface area contributed by atoms with Crippen LogP contribution in [0.4, 0.5) is 4.39 Å². The minimum absolute atomic E-state index is 0.213. The van der Waals surface area contributed by atoms with Gasteiger partial charge in [-0.1, -0.05) is 6.07 Å². The van der Waals surface area contributed by atoms with Gasteiger partial charge in [0.05, 0.1) is 0 Å². The molecule has 1 heterocycles. The van der Waals surface area contributed by atoms with Crippen LogP contribution in [0.2, 0.25) is 0 Å². The highest BCUT2D eigenvalue weighted by atomic mass is 19.1. The molecule has 0 bridgehead atoms. The average Bonchev–Trinajstić information content (AvgIpc) is 2.38. The van der Waals surface area contributed by atoms with E-state index in [4.69, 9.17) is 5.73 Å². The summed E-state index contributed by atoms with van der Waals surface area (Å²) < 4.78 is 13.0. The van der Waals surface area contributed by atoms with E-state index in [-0.39, 0.29) is 18.0 Å². The van der Waals surface area contributed by atoms with E-state index in [0.717, 1.165) is 0 Å². The fourth-order valence-electron chi connectivity index (χ4n) is 1.93. The molecule has 1 saturated heterocycles. The van der Waals surface area contributed by atoms with Crippen molar-refractivity contribution < 1.29 is 14.0 Å². The van der Waals surface area contributed by atoms with E-state index in [0.29, 0.717) is 13.1 Å². The lowest BCUT2D eigenvalue weighted by atomic mass is 10.1. The van der Waals surface area contributed by atoms with E-state index in [9.17, 15) is 14.0 Å². The second kappa shape index (κ2) is 5.14. The molecule has 0 aromatic heterocycles. The lowest BCUT2D eigenvalue weighted by molar-refractivity contribution is -0.120. The highest BCUT2D eigenvalue weighted by Crippen LogP contribution is 2.09. The maximum Gasteiger partial charge on any atom is 0.254 e. The second-order valence-electron chi connectivity index (χ2n) is 4.17. The number of carbonyl (C=O) groups excluding carboxylic acids is 2. The molecule has 1 unspecified atom stereocenters. The fraction of sp³-hybridized carbons (Fsp3) is 0.333. The summed E-state index contributed by atoms with van der Waals surface area (Å²) in [6.07, 6.45) is 0. The normalized spacial score (nSPS) is 19.6. The standard InChI is InChI=1S/C12H14FN3O2/c13-9-3-1-2-8(6-9)12(18)16-5-4-15-10(7-16)11(14)17/h1-3,6,10,15H,4-5,7H2,(H2,14,17). The predicted molar refractivity (Wildman–Crippen MR) is 63.3 cm³/mol. The molecule has 1 fully saturated rings. The van der Waals surface area contributed by atoms with Crippen molar-refractivity contribution in [3.05, 3.63) is 35.6 Å². The zero-order valence-corrected chi connectivity index (χ0v) is 9.73. The van der Waals surface area contributed by atoms with Gasteiger partial charge in [-0.15, -0.1) is 0 Å². The van der Waals surface area contributed by atoms with Gasteiger partial charge in [0.15, 0.2) is 0 Å². The number of rotatable bonds is 2. The quantitative estimate of drug-likeness (QED) is 0.759. The van der Waals surface area contributed by atoms with E-state index in [1.807, 2.05) is 0 Å². The van der Waals surface area contributed by atoms with E-state index >= 15 is 0 Å². The van der Waals surface area contributed by atoms with E-state index < -0.39 is 17.8 Å². The van der Waals surface area contributed by atoms with Crippen molar-refractivity contribution in [2.45, 2.75) is 6.04 Å². The van der Waals surface area contributed by atoms with E-state index in [2.05, 4.69) is 5.32 Å². The Bertz CT molecular complexity index is 478. The first-order chi connectivity index (χ1) is 8.58. The number of primary amides is 1. The third-order valence-corrected chi connectivity index (χ3v) is 2.88. The number of carbonyl (C=O) groups is 2. The maximum atomic E-state index is 13.0. The van der Waals surface area contributed by atoms with Gasteiger partial charge in [-0.05, 0) is 18.2 Å². The van der Waals surface area contributed by atoms with Gasteiger partial charge in [-0.2, -0.15) is 0 Å².